The fourth-order valence-corrected chi connectivity index (χ4v) is 1.44. The number of amides is 1. The Morgan fingerprint density at radius 2 is 2.28 bits per heavy atom. The average molecular weight is 249 g/mol. The highest BCUT2D eigenvalue weighted by Crippen LogP contribution is 2.11. The van der Waals surface area contributed by atoms with Crippen LogP contribution in [0.25, 0.3) is 0 Å². The Morgan fingerprint density at radius 1 is 1.50 bits per heavy atom. The summed E-state index contributed by atoms with van der Waals surface area (Å²) < 4.78 is 13.6. The number of carbonyl (C=O) groups is 1. The number of hydrogen-bond donors (Lipinski definition) is 2. The summed E-state index contributed by atoms with van der Waals surface area (Å²) in [6.45, 7) is 2.96. The number of benzene rings is 1. The van der Waals surface area contributed by atoms with Gasteiger partial charge in [-0.15, -0.1) is 0 Å². The first-order chi connectivity index (χ1) is 8.69. The van der Waals surface area contributed by atoms with Gasteiger partial charge in [-0.3, -0.25) is 4.79 Å². The number of hydrogen-bond acceptors (Lipinski definition) is 3. The zero-order chi connectivity index (χ0) is 13.4. The van der Waals surface area contributed by atoms with E-state index in [1.807, 2.05) is 6.92 Å². The number of nitrogens with one attached hydrogen (secondary N) is 2. The maximum absolute atomic E-state index is 13.6. The molecule has 1 aromatic rings. The van der Waals surface area contributed by atoms with E-state index in [9.17, 15) is 9.18 Å². The van der Waals surface area contributed by atoms with Crippen molar-refractivity contribution in [1.29, 1.82) is 5.26 Å². The summed E-state index contributed by atoms with van der Waals surface area (Å²) in [5.41, 5.74) is 0.405. The third-order valence-corrected chi connectivity index (χ3v) is 2.37. The van der Waals surface area contributed by atoms with E-state index in [-0.39, 0.29) is 24.6 Å². The quantitative estimate of drug-likeness (QED) is 0.799. The lowest BCUT2D eigenvalue weighted by molar-refractivity contribution is -0.120. The van der Waals surface area contributed by atoms with Crippen LogP contribution in [-0.4, -0.2) is 19.0 Å². The van der Waals surface area contributed by atoms with Crippen LogP contribution in [0.15, 0.2) is 18.2 Å². The van der Waals surface area contributed by atoms with Gasteiger partial charge in [0.15, 0.2) is 0 Å². The van der Waals surface area contributed by atoms with Crippen LogP contribution in [0.4, 0.5) is 4.39 Å². The first-order valence-corrected chi connectivity index (χ1v) is 5.84. The summed E-state index contributed by atoms with van der Waals surface area (Å²) in [6, 6.07) is 6.42. The lowest BCUT2D eigenvalue weighted by atomic mass is 10.1. The molecule has 2 N–H and O–H groups in total. The van der Waals surface area contributed by atoms with E-state index in [4.69, 9.17) is 5.26 Å². The molecule has 0 bridgehead atoms. The number of nitriles is 1. The van der Waals surface area contributed by atoms with E-state index in [0.717, 1.165) is 6.42 Å². The van der Waals surface area contributed by atoms with Crippen LogP contribution >= 0.6 is 0 Å². The highest BCUT2D eigenvalue weighted by atomic mass is 19.1. The second-order valence-corrected chi connectivity index (χ2v) is 3.84. The number of carbonyl (C=O) groups excluding carboxylic acids is 1. The molecule has 0 saturated heterocycles. The van der Waals surface area contributed by atoms with E-state index >= 15 is 0 Å². The largest absolute Gasteiger partial charge is 0.355 e. The van der Waals surface area contributed by atoms with Gasteiger partial charge in [0.1, 0.15) is 11.9 Å². The molecule has 0 unspecified atom stereocenters. The van der Waals surface area contributed by atoms with Crippen molar-refractivity contribution in [2.45, 2.75) is 19.9 Å². The van der Waals surface area contributed by atoms with E-state index in [2.05, 4.69) is 10.6 Å². The molecule has 0 radical (unpaired) electrons. The summed E-state index contributed by atoms with van der Waals surface area (Å²) in [6.07, 6.45) is 0.880. The highest BCUT2D eigenvalue weighted by Gasteiger charge is 2.07. The van der Waals surface area contributed by atoms with Crippen LogP contribution in [0.1, 0.15) is 24.5 Å². The molecular weight excluding hydrogens is 233 g/mol. The molecule has 0 aliphatic heterocycles. The second-order valence-electron chi connectivity index (χ2n) is 3.84. The minimum atomic E-state index is -0.526. The number of rotatable bonds is 6. The molecule has 0 fully saturated rings. The van der Waals surface area contributed by atoms with E-state index in [1.165, 1.54) is 6.07 Å². The van der Waals surface area contributed by atoms with Crippen molar-refractivity contribution >= 4 is 5.91 Å². The fourth-order valence-electron chi connectivity index (χ4n) is 1.44. The molecule has 1 amide bonds. The molecule has 0 saturated carbocycles. The van der Waals surface area contributed by atoms with Gasteiger partial charge in [-0.25, -0.2) is 4.39 Å². The molecule has 1 rings (SSSR count). The van der Waals surface area contributed by atoms with Gasteiger partial charge in [0, 0.05) is 18.7 Å². The monoisotopic (exact) mass is 249 g/mol. The molecule has 0 heterocycles. The lowest BCUT2D eigenvalue weighted by Gasteiger charge is -2.07. The van der Waals surface area contributed by atoms with Gasteiger partial charge in [-0.05, 0) is 12.5 Å². The minimum Gasteiger partial charge on any atom is -0.355 e. The average Bonchev–Trinajstić information content (AvgIpc) is 2.38. The zero-order valence-corrected chi connectivity index (χ0v) is 10.3. The molecule has 1 aromatic carbocycles. The molecule has 0 atom stereocenters. The molecule has 0 aliphatic rings. The van der Waals surface area contributed by atoms with Crippen LogP contribution < -0.4 is 10.6 Å². The smallest absolute Gasteiger partial charge is 0.233 e. The van der Waals surface area contributed by atoms with Crippen molar-refractivity contribution in [3.05, 3.63) is 35.1 Å². The van der Waals surface area contributed by atoms with Gasteiger partial charge < -0.3 is 10.6 Å². The predicted molar refractivity (Wildman–Crippen MR) is 66.1 cm³/mol. The third-order valence-electron chi connectivity index (χ3n) is 2.37. The molecule has 18 heavy (non-hydrogen) atoms. The summed E-state index contributed by atoms with van der Waals surface area (Å²) in [7, 11) is 0. The van der Waals surface area contributed by atoms with Crippen molar-refractivity contribution in [3.8, 4) is 6.07 Å². The van der Waals surface area contributed by atoms with Gasteiger partial charge in [-0.2, -0.15) is 5.26 Å². The number of nitrogens with zero attached hydrogens (tertiary/aromatic N) is 1. The van der Waals surface area contributed by atoms with Gasteiger partial charge in [0.25, 0.3) is 0 Å². The standard InChI is InChI=1S/C13H16FN3O/c1-2-6-17-12(18)9-16-8-11-5-3-4-10(7-15)13(11)14/h3-5,16H,2,6,8-9H2,1H3,(H,17,18). The second kappa shape index (κ2) is 7.41. The Labute approximate surface area is 106 Å². The molecular formula is C13H16FN3O. The first-order valence-electron chi connectivity index (χ1n) is 5.84. The maximum atomic E-state index is 13.6. The Morgan fingerprint density at radius 3 is 2.94 bits per heavy atom. The third kappa shape index (κ3) is 4.15. The Kier molecular flexibility index (Phi) is 5.81. The van der Waals surface area contributed by atoms with Crippen molar-refractivity contribution in [2.75, 3.05) is 13.1 Å². The molecule has 0 aromatic heterocycles. The summed E-state index contributed by atoms with van der Waals surface area (Å²) in [4.78, 5) is 11.3. The number of halogens is 1. The molecule has 4 nitrogen and oxygen atoms in total. The zero-order valence-electron chi connectivity index (χ0n) is 10.3. The van der Waals surface area contributed by atoms with Gasteiger partial charge in [0.05, 0.1) is 12.1 Å². The SMILES string of the molecule is CCCNC(=O)CNCc1cccc(C#N)c1F. The molecule has 5 heteroatoms. The van der Waals surface area contributed by atoms with Crippen LogP contribution in [0.3, 0.4) is 0 Å². The maximum Gasteiger partial charge on any atom is 0.233 e. The summed E-state index contributed by atoms with van der Waals surface area (Å²) in [5.74, 6) is -0.643. The normalized spacial score (nSPS) is 9.83. The Hall–Kier alpha value is -1.93. The van der Waals surface area contributed by atoms with E-state index in [0.29, 0.717) is 12.1 Å². The molecule has 96 valence electrons. The van der Waals surface area contributed by atoms with Crippen LogP contribution in [0, 0.1) is 17.1 Å². The minimum absolute atomic E-state index is 0.0183. The highest BCUT2D eigenvalue weighted by molar-refractivity contribution is 5.77. The van der Waals surface area contributed by atoms with E-state index in [1.54, 1.807) is 18.2 Å². The Balaban J connectivity index is 2.45. The van der Waals surface area contributed by atoms with Gasteiger partial charge in [0.2, 0.25) is 5.91 Å². The van der Waals surface area contributed by atoms with Crippen LogP contribution in [-0.2, 0) is 11.3 Å². The summed E-state index contributed by atoms with van der Waals surface area (Å²) in [5, 5.41) is 14.2. The molecule has 0 spiro atoms. The molecule has 0 aliphatic carbocycles. The van der Waals surface area contributed by atoms with Crippen molar-refractivity contribution in [2.24, 2.45) is 0 Å². The summed E-state index contributed by atoms with van der Waals surface area (Å²) >= 11 is 0. The van der Waals surface area contributed by atoms with Crippen molar-refractivity contribution < 1.29 is 9.18 Å². The van der Waals surface area contributed by atoms with Crippen molar-refractivity contribution in [1.82, 2.24) is 10.6 Å². The van der Waals surface area contributed by atoms with Crippen LogP contribution in [0.5, 0.6) is 0 Å². The predicted octanol–water partition coefficient (Wildman–Crippen LogP) is 1.31. The topological polar surface area (TPSA) is 64.9 Å². The van der Waals surface area contributed by atoms with Crippen LogP contribution in [0.2, 0.25) is 0 Å². The van der Waals surface area contributed by atoms with E-state index < -0.39 is 5.82 Å². The van der Waals surface area contributed by atoms with Gasteiger partial charge >= 0.3 is 0 Å². The first kappa shape index (κ1) is 14.1. The Bertz CT molecular complexity index is 454. The van der Waals surface area contributed by atoms with Crippen molar-refractivity contribution in [3.63, 3.8) is 0 Å². The van der Waals surface area contributed by atoms with Gasteiger partial charge in [-0.1, -0.05) is 19.1 Å². The fraction of sp³-hybridized carbons (Fsp3) is 0.385. The lowest BCUT2D eigenvalue weighted by Crippen LogP contribution is -2.34.